The van der Waals surface area contributed by atoms with Gasteiger partial charge in [0.05, 0.1) is 11.8 Å². The van der Waals surface area contributed by atoms with Crippen LogP contribution in [0.4, 0.5) is 11.9 Å². The minimum Gasteiger partial charge on any atom is -0.461 e. The monoisotopic (exact) mass is 291 g/mol. The van der Waals surface area contributed by atoms with E-state index in [9.17, 15) is 0 Å². The van der Waals surface area contributed by atoms with E-state index in [2.05, 4.69) is 30.7 Å². The smallest absolute Gasteiger partial charge is 0.323 e. The van der Waals surface area contributed by atoms with E-state index in [1.165, 1.54) is 0 Å². The molecular formula is C13H21N7O. The van der Waals surface area contributed by atoms with Crippen LogP contribution in [0.3, 0.4) is 0 Å². The first-order valence-electron chi connectivity index (χ1n) is 6.89. The zero-order chi connectivity index (χ0) is 15.2. The molecule has 2 aromatic rings. The average Bonchev–Trinajstić information content (AvgIpc) is 2.83. The summed E-state index contributed by atoms with van der Waals surface area (Å²) in [6.07, 6.45) is 2.73. The third-order valence-electron chi connectivity index (χ3n) is 2.61. The van der Waals surface area contributed by atoms with Gasteiger partial charge in [0.25, 0.3) is 0 Å². The van der Waals surface area contributed by atoms with Gasteiger partial charge in [-0.15, -0.1) is 0 Å². The van der Waals surface area contributed by atoms with Gasteiger partial charge in [0.1, 0.15) is 0 Å². The number of rotatable bonds is 7. The van der Waals surface area contributed by atoms with Crippen LogP contribution in [0.15, 0.2) is 12.3 Å². The molecular weight excluding hydrogens is 270 g/mol. The lowest BCUT2D eigenvalue weighted by atomic mass is 10.3. The van der Waals surface area contributed by atoms with Gasteiger partial charge in [0.2, 0.25) is 11.9 Å². The molecule has 0 aliphatic carbocycles. The number of aryl methyl sites for hydroxylation is 1. The third kappa shape index (κ3) is 4.59. The number of nitrogens with zero attached hydrogens (tertiary/aromatic N) is 5. The number of hydrogen-bond donors (Lipinski definition) is 2. The van der Waals surface area contributed by atoms with Crippen molar-refractivity contribution in [3.8, 4) is 6.01 Å². The van der Waals surface area contributed by atoms with E-state index >= 15 is 0 Å². The standard InChI is InChI=1S/C13H21N7O/c1-9(2)21-13-17-11(14-3)16-12(18-13)15-7-5-10-6-8-20(4)19-10/h6,8-9H,5,7H2,1-4H3,(H2,14,15,16,17,18). The van der Waals surface area contributed by atoms with Crippen molar-refractivity contribution >= 4 is 11.9 Å². The lowest BCUT2D eigenvalue weighted by Crippen LogP contribution is -2.14. The summed E-state index contributed by atoms with van der Waals surface area (Å²) in [6.45, 7) is 4.54. The van der Waals surface area contributed by atoms with Crippen molar-refractivity contribution in [1.82, 2.24) is 24.7 Å². The normalized spacial score (nSPS) is 10.7. The van der Waals surface area contributed by atoms with Crippen LogP contribution in [-0.2, 0) is 13.5 Å². The van der Waals surface area contributed by atoms with Crippen molar-refractivity contribution in [3.05, 3.63) is 18.0 Å². The summed E-state index contributed by atoms with van der Waals surface area (Å²) in [5.74, 6) is 0.960. The first-order chi connectivity index (χ1) is 10.1. The van der Waals surface area contributed by atoms with Gasteiger partial charge >= 0.3 is 6.01 Å². The lowest BCUT2D eigenvalue weighted by molar-refractivity contribution is 0.222. The van der Waals surface area contributed by atoms with Gasteiger partial charge in [-0.3, -0.25) is 4.68 Å². The number of nitrogens with one attached hydrogen (secondary N) is 2. The van der Waals surface area contributed by atoms with Gasteiger partial charge in [0, 0.05) is 33.3 Å². The second-order valence-corrected chi connectivity index (χ2v) is 4.84. The molecule has 0 amide bonds. The Morgan fingerprint density at radius 3 is 2.62 bits per heavy atom. The highest BCUT2D eigenvalue weighted by Gasteiger charge is 2.08. The van der Waals surface area contributed by atoms with Gasteiger partial charge in [-0.25, -0.2) is 0 Å². The fourth-order valence-electron chi connectivity index (χ4n) is 1.71. The molecule has 114 valence electrons. The third-order valence-corrected chi connectivity index (χ3v) is 2.61. The quantitative estimate of drug-likeness (QED) is 0.789. The van der Waals surface area contributed by atoms with Gasteiger partial charge in [-0.2, -0.15) is 20.1 Å². The van der Waals surface area contributed by atoms with Gasteiger partial charge in [-0.1, -0.05) is 0 Å². The van der Waals surface area contributed by atoms with Crippen LogP contribution in [0.25, 0.3) is 0 Å². The molecule has 0 aliphatic heterocycles. The molecule has 0 fully saturated rings. The molecule has 0 saturated carbocycles. The summed E-state index contributed by atoms with van der Waals surface area (Å²) >= 11 is 0. The van der Waals surface area contributed by atoms with Gasteiger partial charge in [-0.05, 0) is 19.9 Å². The van der Waals surface area contributed by atoms with E-state index in [0.717, 1.165) is 12.1 Å². The van der Waals surface area contributed by atoms with Crippen molar-refractivity contribution in [2.45, 2.75) is 26.4 Å². The predicted molar refractivity (Wildman–Crippen MR) is 80.5 cm³/mol. The van der Waals surface area contributed by atoms with Crippen molar-refractivity contribution in [2.75, 3.05) is 24.2 Å². The molecule has 0 aliphatic rings. The Bertz CT molecular complexity index is 582. The number of ether oxygens (including phenoxy) is 1. The first-order valence-corrected chi connectivity index (χ1v) is 6.89. The zero-order valence-corrected chi connectivity index (χ0v) is 12.8. The summed E-state index contributed by atoms with van der Waals surface area (Å²) in [4.78, 5) is 12.6. The van der Waals surface area contributed by atoms with Crippen LogP contribution in [0.1, 0.15) is 19.5 Å². The minimum atomic E-state index is 0.0125. The average molecular weight is 291 g/mol. The Labute approximate surface area is 124 Å². The molecule has 21 heavy (non-hydrogen) atoms. The molecule has 2 heterocycles. The largest absolute Gasteiger partial charge is 0.461 e. The zero-order valence-electron chi connectivity index (χ0n) is 12.8. The summed E-state index contributed by atoms with van der Waals surface area (Å²) < 4.78 is 7.29. The highest BCUT2D eigenvalue weighted by molar-refractivity contribution is 5.35. The van der Waals surface area contributed by atoms with Crippen LogP contribution in [0.2, 0.25) is 0 Å². The number of anilines is 2. The first kappa shape index (κ1) is 15.0. The summed E-state index contributed by atoms with van der Waals surface area (Å²) in [5, 5.41) is 10.4. The van der Waals surface area contributed by atoms with Crippen molar-refractivity contribution in [2.24, 2.45) is 7.05 Å². The Balaban J connectivity index is 1.97. The Morgan fingerprint density at radius 1 is 1.24 bits per heavy atom. The molecule has 2 rings (SSSR count). The highest BCUT2D eigenvalue weighted by Crippen LogP contribution is 2.12. The molecule has 8 heteroatoms. The second kappa shape index (κ2) is 6.87. The fraction of sp³-hybridized carbons (Fsp3) is 0.538. The maximum Gasteiger partial charge on any atom is 0.323 e. The molecule has 0 aromatic carbocycles. The van der Waals surface area contributed by atoms with Crippen LogP contribution < -0.4 is 15.4 Å². The Hall–Kier alpha value is -2.38. The number of hydrogen-bond acceptors (Lipinski definition) is 7. The Kier molecular flexibility index (Phi) is 4.91. The van der Waals surface area contributed by atoms with E-state index in [0.29, 0.717) is 24.5 Å². The molecule has 8 nitrogen and oxygen atoms in total. The highest BCUT2D eigenvalue weighted by atomic mass is 16.5. The van der Waals surface area contributed by atoms with Crippen LogP contribution >= 0.6 is 0 Å². The lowest BCUT2D eigenvalue weighted by Gasteiger charge is -2.10. The minimum absolute atomic E-state index is 0.0125. The topological polar surface area (TPSA) is 89.8 Å². The molecule has 0 atom stereocenters. The van der Waals surface area contributed by atoms with E-state index < -0.39 is 0 Å². The molecule has 0 spiro atoms. The molecule has 0 saturated heterocycles. The summed E-state index contributed by atoms with van der Waals surface area (Å²) in [7, 11) is 3.66. The maximum atomic E-state index is 5.51. The fourth-order valence-corrected chi connectivity index (χ4v) is 1.71. The van der Waals surface area contributed by atoms with Crippen molar-refractivity contribution in [3.63, 3.8) is 0 Å². The number of aromatic nitrogens is 5. The van der Waals surface area contributed by atoms with Crippen LogP contribution in [0.5, 0.6) is 6.01 Å². The molecule has 2 N–H and O–H groups in total. The molecule has 0 bridgehead atoms. The van der Waals surface area contributed by atoms with Crippen LogP contribution in [0, 0.1) is 0 Å². The van der Waals surface area contributed by atoms with E-state index in [-0.39, 0.29) is 6.10 Å². The Morgan fingerprint density at radius 2 is 2.00 bits per heavy atom. The maximum absolute atomic E-state index is 5.51. The molecule has 0 radical (unpaired) electrons. The SMILES string of the molecule is CNc1nc(NCCc2ccn(C)n2)nc(OC(C)C)n1. The van der Waals surface area contributed by atoms with Gasteiger partial charge in [0.15, 0.2) is 0 Å². The van der Waals surface area contributed by atoms with E-state index in [1.54, 1.807) is 11.7 Å². The van der Waals surface area contributed by atoms with Crippen molar-refractivity contribution < 1.29 is 4.74 Å². The van der Waals surface area contributed by atoms with Gasteiger partial charge < -0.3 is 15.4 Å². The van der Waals surface area contributed by atoms with Crippen LogP contribution in [-0.4, -0.2) is 44.4 Å². The summed E-state index contributed by atoms with van der Waals surface area (Å²) in [6, 6.07) is 2.30. The molecule has 0 unspecified atom stereocenters. The second-order valence-electron chi connectivity index (χ2n) is 4.84. The summed E-state index contributed by atoms with van der Waals surface area (Å²) in [5.41, 5.74) is 1.02. The van der Waals surface area contributed by atoms with Crippen molar-refractivity contribution in [1.29, 1.82) is 0 Å². The predicted octanol–water partition coefficient (Wildman–Crippen LogP) is 1.09. The van der Waals surface area contributed by atoms with E-state index in [4.69, 9.17) is 4.74 Å². The van der Waals surface area contributed by atoms with E-state index in [1.807, 2.05) is 33.2 Å². The molecule has 2 aromatic heterocycles.